The van der Waals surface area contributed by atoms with Crippen molar-refractivity contribution in [1.82, 2.24) is 0 Å². The predicted molar refractivity (Wildman–Crippen MR) is 83.3 cm³/mol. The van der Waals surface area contributed by atoms with Crippen LogP contribution in [-0.2, 0) is 11.2 Å². The van der Waals surface area contributed by atoms with Crippen LogP contribution in [-0.4, -0.2) is 33.4 Å². The standard InChI is InChI=1S/C17H27NO2/c1-4-8-16-10-7-9-15(2)17(16)20-13-6-5-11-18-12-14-19-3/h4,7,9-10,18H,1,5-6,8,11-14H2,2-3H3/p+1. The van der Waals surface area contributed by atoms with E-state index < -0.39 is 0 Å². The van der Waals surface area contributed by atoms with Gasteiger partial charge in [0.2, 0.25) is 0 Å². The molecule has 0 atom stereocenters. The molecule has 112 valence electrons. The predicted octanol–water partition coefficient (Wildman–Crippen LogP) is 2.09. The molecule has 0 unspecified atom stereocenters. The van der Waals surface area contributed by atoms with Crippen molar-refractivity contribution in [2.75, 3.05) is 33.4 Å². The van der Waals surface area contributed by atoms with Crippen molar-refractivity contribution >= 4 is 0 Å². The molecule has 0 fully saturated rings. The van der Waals surface area contributed by atoms with E-state index >= 15 is 0 Å². The van der Waals surface area contributed by atoms with Crippen molar-refractivity contribution in [3.8, 4) is 5.75 Å². The average Bonchev–Trinajstić information content (AvgIpc) is 2.44. The van der Waals surface area contributed by atoms with E-state index in [1.165, 1.54) is 17.5 Å². The van der Waals surface area contributed by atoms with Crippen LogP contribution in [0.4, 0.5) is 0 Å². The lowest BCUT2D eigenvalue weighted by Crippen LogP contribution is -2.85. The van der Waals surface area contributed by atoms with Crippen LogP contribution in [0.15, 0.2) is 30.9 Å². The number of aryl methyl sites for hydroxylation is 1. The van der Waals surface area contributed by atoms with Crippen LogP contribution >= 0.6 is 0 Å². The number of allylic oxidation sites excluding steroid dienone is 1. The van der Waals surface area contributed by atoms with E-state index in [0.717, 1.165) is 44.9 Å². The van der Waals surface area contributed by atoms with Gasteiger partial charge in [0.1, 0.15) is 5.75 Å². The third-order valence-corrected chi connectivity index (χ3v) is 3.23. The number of hydrogen-bond acceptors (Lipinski definition) is 2. The van der Waals surface area contributed by atoms with Crippen LogP contribution in [0.25, 0.3) is 0 Å². The number of para-hydroxylation sites is 1. The molecule has 3 heteroatoms. The van der Waals surface area contributed by atoms with Gasteiger partial charge in [0.15, 0.2) is 0 Å². The van der Waals surface area contributed by atoms with Gasteiger partial charge in [-0.1, -0.05) is 24.3 Å². The lowest BCUT2D eigenvalue weighted by atomic mass is 10.1. The van der Waals surface area contributed by atoms with Crippen LogP contribution in [0, 0.1) is 6.92 Å². The molecule has 0 heterocycles. The van der Waals surface area contributed by atoms with Gasteiger partial charge in [-0.25, -0.2) is 0 Å². The largest absolute Gasteiger partial charge is 0.493 e. The second kappa shape index (κ2) is 10.5. The first-order chi connectivity index (χ1) is 9.79. The molecule has 1 aromatic rings. The molecule has 2 N–H and O–H groups in total. The van der Waals surface area contributed by atoms with E-state index in [0.29, 0.717) is 0 Å². The summed E-state index contributed by atoms with van der Waals surface area (Å²) in [7, 11) is 1.74. The summed E-state index contributed by atoms with van der Waals surface area (Å²) >= 11 is 0. The molecule has 0 aliphatic rings. The van der Waals surface area contributed by atoms with E-state index in [4.69, 9.17) is 9.47 Å². The van der Waals surface area contributed by atoms with Crippen molar-refractivity contribution in [2.45, 2.75) is 26.2 Å². The second-order valence-corrected chi connectivity index (χ2v) is 4.97. The molecule has 1 rings (SSSR count). The minimum atomic E-state index is 0.785. The van der Waals surface area contributed by atoms with Crippen molar-refractivity contribution < 1.29 is 14.8 Å². The average molecular weight is 278 g/mol. The van der Waals surface area contributed by atoms with Gasteiger partial charge in [-0.2, -0.15) is 0 Å². The summed E-state index contributed by atoms with van der Waals surface area (Å²) in [4.78, 5) is 0. The highest BCUT2D eigenvalue weighted by Gasteiger charge is 2.05. The second-order valence-electron chi connectivity index (χ2n) is 4.97. The Hall–Kier alpha value is -1.32. The highest BCUT2D eigenvalue weighted by molar-refractivity contribution is 5.41. The number of ether oxygens (including phenoxy) is 2. The number of quaternary nitrogens is 1. The SMILES string of the molecule is C=CCc1cccc(C)c1OCCCC[NH2+]CCOC. The number of benzene rings is 1. The third-order valence-electron chi connectivity index (χ3n) is 3.23. The highest BCUT2D eigenvalue weighted by Crippen LogP contribution is 2.24. The van der Waals surface area contributed by atoms with E-state index in [2.05, 4.69) is 37.0 Å². The number of hydrogen-bond donors (Lipinski definition) is 1. The zero-order valence-electron chi connectivity index (χ0n) is 12.9. The first kappa shape index (κ1) is 16.7. The molecule has 0 radical (unpaired) electrons. The molecule has 0 spiro atoms. The monoisotopic (exact) mass is 278 g/mol. The molecule has 0 aliphatic heterocycles. The van der Waals surface area contributed by atoms with Gasteiger partial charge in [0, 0.05) is 7.11 Å². The van der Waals surface area contributed by atoms with Crippen LogP contribution in [0.1, 0.15) is 24.0 Å². The van der Waals surface area contributed by atoms with Crippen LogP contribution in [0.5, 0.6) is 5.75 Å². The molecule has 0 amide bonds. The van der Waals surface area contributed by atoms with E-state index in [1.807, 2.05) is 6.08 Å². The van der Waals surface area contributed by atoms with Crippen molar-refractivity contribution in [1.29, 1.82) is 0 Å². The molecule has 0 aromatic heterocycles. The maximum absolute atomic E-state index is 5.96. The van der Waals surface area contributed by atoms with E-state index in [1.54, 1.807) is 7.11 Å². The molecular weight excluding hydrogens is 250 g/mol. The fraction of sp³-hybridized carbons (Fsp3) is 0.529. The van der Waals surface area contributed by atoms with Gasteiger partial charge in [-0.3, -0.25) is 0 Å². The summed E-state index contributed by atoms with van der Waals surface area (Å²) in [6.07, 6.45) is 5.05. The zero-order valence-corrected chi connectivity index (χ0v) is 12.9. The van der Waals surface area contributed by atoms with Gasteiger partial charge in [-0.05, 0) is 37.3 Å². The summed E-state index contributed by atoms with van der Waals surface area (Å²) in [6.45, 7) is 9.69. The fourth-order valence-corrected chi connectivity index (χ4v) is 2.15. The first-order valence-corrected chi connectivity index (χ1v) is 7.42. The maximum atomic E-state index is 5.96. The first-order valence-electron chi connectivity index (χ1n) is 7.42. The van der Waals surface area contributed by atoms with Crippen LogP contribution in [0.3, 0.4) is 0 Å². The molecule has 1 aromatic carbocycles. The van der Waals surface area contributed by atoms with E-state index in [9.17, 15) is 0 Å². The molecule has 20 heavy (non-hydrogen) atoms. The van der Waals surface area contributed by atoms with Gasteiger partial charge in [0.05, 0.1) is 26.3 Å². The Labute approximate surface area is 123 Å². The Morgan fingerprint density at radius 3 is 2.80 bits per heavy atom. The minimum Gasteiger partial charge on any atom is -0.493 e. The lowest BCUT2D eigenvalue weighted by Gasteiger charge is -2.13. The molecule has 0 bridgehead atoms. The summed E-state index contributed by atoms with van der Waals surface area (Å²) in [5, 5.41) is 2.29. The summed E-state index contributed by atoms with van der Waals surface area (Å²) in [5.74, 6) is 1.04. The highest BCUT2D eigenvalue weighted by atomic mass is 16.5. The summed E-state index contributed by atoms with van der Waals surface area (Å²) in [6, 6.07) is 6.29. The number of nitrogens with two attached hydrogens (primary N) is 1. The van der Waals surface area contributed by atoms with Crippen molar-refractivity contribution in [2.24, 2.45) is 0 Å². The van der Waals surface area contributed by atoms with Gasteiger partial charge >= 0.3 is 0 Å². The van der Waals surface area contributed by atoms with Gasteiger partial charge < -0.3 is 14.8 Å². The van der Waals surface area contributed by atoms with Gasteiger partial charge in [-0.15, -0.1) is 6.58 Å². The third kappa shape index (κ3) is 6.22. The fourth-order valence-electron chi connectivity index (χ4n) is 2.15. The molecule has 0 aliphatic carbocycles. The quantitative estimate of drug-likeness (QED) is 0.497. The number of unbranched alkanes of at least 4 members (excludes halogenated alkanes) is 1. The topological polar surface area (TPSA) is 35.1 Å². The Bertz CT molecular complexity index is 391. The lowest BCUT2D eigenvalue weighted by molar-refractivity contribution is -0.656. The Kier molecular flexibility index (Phi) is 8.76. The smallest absolute Gasteiger partial charge is 0.125 e. The van der Waals surface area contributed by atoms with Crippen LogP contribution in [0.2, 0.25) is 0 Å². The zero-order chi connectivity index (χ0) is 14.6. The number of rotatable bonds is 11. The Morgan fingerprint density at radius 1 is 1.20 bits per heavy atom. The molecule has 3 nitrogen and oxygen atoms in total. The Morgan fingerprint density at radius 2 is 2.05 bits per heavy atom. The summed E-state index contributed by atoms with van der Waals surface area (Å²) in [5.41, 5.74) is 2.43. The number of methoxy groups -OCH3 is 1. The normalized spacial score (nSPS) is 10.5. The Balaban J connectivity index is 2.26. The minimum absolute atomic E-state index is 0.785. The van der Waals surface area contributed by atoms with Crippen molar-refractivity contribution in [3.05, 3.63) is 42.0 Å². The van der Waals surface area contributed by atoms with Gasteiger partial charge in [0.25, 0.3) is 0 Å². The molecule has 0 saturated heterocycles. The van der Waals surface area contributed by atoms with E-state index in [-0.39, 0.29) is 0 Å². The maximum Gasteiger partial charge on any atom is 0.125 e. The van der Waals surface area contributed by atoms with Crippen LogP contribution < -0.4 is 10.1 Å². The molecule has 0 saturated carbocycles. The summed E-state index contributed by atoms with van der Waals surface area (Å²) < 4.78 is 11.0. The van der Waals surface area contributed by atoms with Crippen molar-refractivity contribution in [3.63, 3.8) is 0 Å². The molecular formula is C17H28NO2+.